The Labute approximate surface area is 509 Å². The number of nitrogens with zero attached hydrogens (tertiary/aromatic N) is 6. The van der Waals surface area contributed by atoms with Crippen LogP contribution in [0.5, 0.6) is 0 Å². The van der Waals surface area contributed by atoms with Crippen LogP contribution in [-0.4, -0.2) is 9.13 Å². The predicted octanol–water partition coefficient (Wildman–Crippen LogP) is 21.4. The summed E-state index contributed by atoms with van der Waals surface area (Å²) in [5.74, 6) is 0. The molecule has 0 atom stereocenters. The van der Waals surface area contributed by atoms with Crippen molar-refractivity contribution in [2.24, 2.45) is 0 Å². The molecule has 0 amide bonds. The van der Waals surface area contributed by atoms with Crippen molar-refractivity contribution in [1.29, 1.82) is 15.8 Å². The summed E-state index contributed by atoms with van der Waals surface area (Å²) in [6.07, 6.45) is 0. The first-order valence-electron chi connectivity index (χ1n) is 29.1. The fourth-order valence-corrected chi connectivity index (χ4v) is 13.0. The van der Waals surface area contributed by atoms with Gasteiger partial charge >= 0.3 is 0 Å². The fraction of sp³-hybridized carbons (Fsp3) is 0. The van der Waals surface area contributed by atoms with E-state index in [0.29, 0.717) is 56.0 Å². The largest absolute Gasteiger partial charge is 0.318 e. The van der Waals surface area contributed by atoms with E-state index < -0.39 is 0 Å². The summed E-state index contributed by atoms with van der Waals surface area (Å²) < 4.78 is 4.40. The maximum atomic E-state index is 11.8. The van der Waals surface area contributed by atoms with Gasteiger partial charge in [-0.25, -0.2) is 4.85 Å². The molecule has 0 N–H and O–H groups in total. The van der Waals surface area contributed by atoms with Crippen molar-refractivity contribution in [3.8, 4) is 119 Å². The van der Waals surface area contributed by atoms with E-state index in [4.69, 9.17) is 0 Å². The summed E-state index contributed by atoms with van der Waals surface area (Å²) in [6, 6.07) is 107. The van der Waals surface area contributed by atoms with Crippen LogP contribution in [0, 0.1) is 40.6 Å². The van der Waals surface area contributed by atoms with Crippen molar-refractivity contribution in [2.75, 3.05) is 0 Å². The second kappa shape index (κ2) is 21.9. The zero-order valence-corrected chi connectivity index (χ0v) is 47.4. The Balaban J connectivity index is 0.957. The van der Waals surface area contributed by atoms with Crippen LogP contribution in [0.2, 0.25) is 0 Å². The van der Waals surface area contributed by atoms with Crippen molar-refractivity contribution >= 4 is 49.3 Å². The monoisotopic (exact) mass is 1120 g/mol. The predicted molar refractivity (Wildman–Crippen MR) is 359 cm³/mol. The first-order valence-corrected chi connectivity index (χ1v) is 29.1. The second-order valence-corrected chi connectivity index (χ2v) is 21.9. The zero-order valence-electron chi connectivity index (χ0n) is 47.4. The average molecular weight is 1120 g/mol. The van der Waals surface area contributed by atoms with E-state index >= 15 is 0 Å². The van der Waals surface area contributed by atoms with Crippen molar-refractivity contribution in [2.45, 2.75) is 0 Å². The summed E-state index contributed by atoms with van der Waals surface area (Å²) in [5.41, 5.74) is 20.3. The standard InChI is InChI=1S/C82H48N6/c1-86-80-79(66(51-84)49-68(58-30-18-7-19-31-58)82(80)88-76-42-38-63(55-24-12-4-13-25-55)46-71(76)72-47-64(39-43-77(72)88)56-26-14-5-15-27-56)60-34-32-59(33-35-60)78-65(50-83)48-67(57-28-16-6-17-29-57)81(73(78)52-85)87-74-40-36-61(53-20-8-2-9-21-53)44-69(74)70-45-62(37-41-75(70)87)54-22-10-3-11-23-54/h2-49H. The molecule has 406 valence electrons. The molecule has 0 fully saturated rings. The van der Waals surface area contributed by atoms with Gasteiger partial charge in [-0.3, -0.25) is 0 Å². The van der Waals surface area contributed by atoms with Gasteiger partial charge in [-0.15, -0.1) is 0 Å². The molecule has 0 aliphatic heterocycles. The molecule has 0 spiro atoms. The Morgan fingerprint density at radius 2 is 0.557 bits per heavy atom. The van der Waals surface area contributed by atoms with Gasteiger partial charge in [0.25, 0.3) is 0 Å². The van der Waals surface area contributed by atoms with E-state index in [2.05, 4.69) is 178 Å². The highest BCUT2D eigenvalue weighted by atomic mass is 15.0. The lowest BCUT2D eigenvalue weighted by Gasteiger charge is -2.21. The topological polar surface area (TPSA) is 85.6 Å². The van der Waals surface area contributed by atoms with Gasteiger partial charge in [-0.1, -0.05) is 231 Å². The lowest BCUT2D eigenvalue weighted by atomic mass is 9.87. The highest BCUT2D eigenvalue weighted by molar-refractivity contribution is 6.15. The van der Waals surface area contributed by atoms with Gasteiger partial charge in [-0.2, -0.15) is 15.8 Å². The first kappa shape index (κ1) is 52.2. The number of nitriles is 3. The number of aromatic nitrogens is 2. The van der Waals surface area contributed by atoms with E-state index in [1.54, 1.807) is 0 Å². The van der Waals surface area contributed by atoms with Crippen molar-refractivity contribution in [1.82, 2.24) is 9.13 Å². The Bertz CT molecular complexity index is 4890. The highest BCUT2D eigenvalue weighted by Gasteiger charge is 2.29. The zero-order chi connectivity index (χ0) is 59.2. The molecule has 0 aliphatic carbocycles. The Morgan fingerprint density at radius 3 is 0.875 bits per heavy atom. The van der Waals surface area contributed by atoms with Crippen LogP contribution >= 0.6 is 0 Å². The molecule has 15 aromatic rings. The number of rotatable bonds is 10. The van der Waals surface area contributed by atoms with Gasteiger partial charge < -0.3 is 9.13 Å². The number of hydrogen-bond donors (Lipinski definition) is 0. The molecule has 0 radical (unpaired) electrons. The van der Waals surface area contributed by atoms with Crippen LogP contribution in [0.4, 0.5) is 5.69 Å². The van der Waals surface area contributed by atoms with Crippen molar-refractivity contribution in [3.63, 3.8) is 0 Å². The third-order valence-corrected chi connectivity index (χ3v) is 17.1. The van der Waals surface area contributed by atoms with Crippen LogP contribution in [0.3, 0.4) is 0 Å². The normalized spacial score (nSPS) is 11.1. The minimum atomic E-state index is 0.311. The molecule has 15 rings (SSSR count). The number of hydrogen-bond acceptors (Lipinski definition) is 3. The fourth-order valence-electron chi connectivity index (χ4n) is 13.0. The average Bonchev–Trinajstić information content (AvgIpc) is 2.75. The van der Waals surface area contributed by atoms with Crippen molar-refractivity contribution < 1.29 is 0 Å². The van der Waals surface area contributed by atoms with Gasteiger partial charge in [0, 0.05) is 38.2 Å². The number of fused-ring (bicyclic) bond motifs is 6. The second-order valence-electron chi connectivity index (χ2n) is 21.9. The first-order chi connectivity index (χ1) is 43.5. The molecule has 2 heterocycles. The minimum absolute atomic E-state index is 0.311. The van der Waals surface area contributed by atoms with Crippen LogP contribution in [0.1, 0.15) is 16.7 Å². The SMILES string of the molecule is [C-]#[N+]c1c(-c2ccc(-c3c(C#N)cc(-c4ccccc4)c(-n4c5ccc(-c6ccccc6)cc5c5cc(-c6ccccc6)ccc54)c3C#N)cc2)c(C#N)cc(-c2ccccc2)c1-n1c2ccc(-c3ccccc3)cc2c2cc(-c3ccccc3)ccc21. The van der Waals surface area contributed by atoms with E-state index in [1.165, 1.54) is 0 Å². The summed E-state index contributed by atoms with van der Waals surface area (Å²) in [7, 11) is 0. The van der Waals surface area contributed by atoms with Crippen LogP contribution < -0.4 is 0 Å². The lowest BCUT2D eigenvalue weighted by Crippen LogP contribution is -2.05. The molecule has 0 aliphatic rings. The quantitative estimate of drug-likeness (QED) is 0.128. The third-order valence-electron chi connectivity index (χ3n) is 17.1. The molecular weight excluding hydrogens is 1070 g/mol. The summed E-state index contributed by atoms with van der Waals surface area (Å²) in [4.78, 5) is 4.44. The molecule has 88 heavy (non-hydrogen) atoms. The van der Waals surface area contributed by atoms with Crippen LogP contribution in [0.15, 0.2) is 291 Å². The van der Waals surface area contributed by atoms with Crippen LogP contribution in [-0.2, 0) is 0 Å². The van der Waals surface area contributed by atoms with Gasteiger partial charge in [0.15, 0.2) is 0 Å². The van der Waals surface area contributed by atoms with E-state index in [1.807, 2.05) is 146 Å². The number of benzene rings is 13. The Hall–Kier alpha value is -12.6. The molecule has 6 heteroatoms. The smallest absolute Gasteiger partial charge is 0.220 e. The highest BCUT2D eigenvalue weighted by Crippen LogP contribution is 2.50. The maximum absolute atomic E-state index is 11.8. The molecular formula is C82H48N6. The van der Waals surface area contributed by atoms with E-state index in [0.717, 1.165) is 110 Å². The Morgan fingerprint density at radius 1 is 0.273 bits per heavy atom. The van der Waals surface area contributed by atoms with Gasteiger partial charge in [-0.05, 0) is 133 Å². The molecule has 0 saturated heterocycles. The maximum Gasteiger partial charge on any atom is 0.220 e. The molecule has 0 bridgehead atoms. The summed E-state index contributed by atoms with van der Waals surface area (Å²) in [6.45, 7) is 9.24. The molecule has 0 saturated carbocycles. The summed E-state index contributed by atoms with van der Waals surface area (Å²) in [5, 5.41) is 38.5. The van der Waals surface area contributed by atoms with Gasteiger partial charge in [0.2, 0.25) is 5.69 Å². The van der Waals surface area contributed by atoms with Gasteiger partial charge in [0.05, 0.1) is 68.8 Å². The molecule has 0 unspecified atom stereocenters. The molecule has 13 aromatic carbocycles. The molecule has 6 nitrogen and oxygen atoms in total. The molecule has 2 aromatic heterocycles. The van der Waals surface area contributed by atoms with Gasteiger partial charge in [0.1, 0.15) is 6.07 Å². The van der Waals surface area contributed by atoms with E-state index in [9.17, 15) is 22.4 Å². The lowest BCUT2D eigenvalue weighted by molar-refractivity contribution is 1.17. The third kappa shape index (κ3) is 8.78. The minimum Gasteiger partial charge on any atom is -0.318 e. The van der Waals surface area contributed by atoms with Crippen molar-refractivity contribution in [3.05, 3.63) is 319 Å². The summed E-state index contributed by atoms with van der Waals surface area (Å²) >= 11 is 0. The van der Waals surface area contributed by atoms with Crippen LogP contribution in [0.25, 0.3) is 149 Å². The Kier molecular flexibility index (Phi) is 13.0. The van der Waals surface area contributed by atoms with E-state index in [-0.39, 0.29) is 0 Å².